The third-order valence-corrected chi connectivity index (χ3v) is 7.21. The van der Waals surface area contributed by atoms with E-state index in [1.807, 2.05) is 0 Å². The van der Waals surface area contributed by atoms with E-state index in [0.717, 1.165) is 32.1 Å². The molecule has 0 heterocycles. The summed E-state index contributed by atoms with van der Waals surface area (Å²) in [6.45, 7) is 5.25. The minimum Gasteiger partial charge on any atom is -0.464 e. The Balaban J connectivity index is 1.68. The van der Waals surface area contributed by atoms with Gasteiger partial charge < -0.3 is 14.2 Å². The molecule has 0 aliphatic heterocycles. The molecular formula is C19H30O8S. The molecule has 0 amide bonds. The highest BCUT2D eigenvalue weighted by molar-refractivity contribution is 7.96. The van der Waals surface area contributed by atoms with Gasteiger partial charge in [0, 0.05) is 12.5 Å². The normalized spacial score (nSPS) is 34.9. The summed E-state index contributed by atoms with van der Waals surface area (Å²) in [7, 11) is 1.52. The quantitative estimate of drug-likeness (QED) is 0.198. The van der Waals surface area contributed by atoms with E-state index in [0.29, 0.717) is 30.3 Å². The van der Waals surface area contributed by atoms with Gasteiger partial charge in [-0.05, 0) is 71.1 Å². The highest BCUT2D eigenvalue weighted by atomic mass is 32.2. The molecule has 4 aliphatic carbocycles. The molecule has 0 aromatic rings. The van der Waals surface area contributed by atoms with Crippen molar-refractivity contribution < 1.29 is 38.4 Å². The number of ether oxygens (including phenoxy) is 3. The van der Waals surface area contributed by atoms with Crippen molar-refractivity contribution in [3.63, 3.8) is 0 Å². The van der Waals surface area contributed by atoms with Gasteiger partial charge in [0.2, 0.25) is 0 Å². The van der Waals surface area contributed by atoms with Crippen molar-refractivity contribution in [2.24, 2.45) is 22.7 Å². The SMILES string of the molecule is COC(C)OC(=O)C12CC3CC(CC(COC(=O)C(C)(C)SOOO)(C3)C1)C2. The summed E-state index contributed by atoms with van der Waals surface area (Å²) in [5, 5.41) is 11.9. The standard InChI is InChI=1S/C19H30O8S/c1-12(23-4)25-16(21)19-8-13-5-14(9-19)7-18(6-13,10-19)11-24-15(20)17(2,3)28-27-26-22/h12-14,22H,5-11H2,1-4H3. The van der Waals surface area contributed by atoms with Crippen molar-refractivity contribution in [2.75, 3.05) is 13.7 Å². The van der Waals surface area contributed by atoms with Crippen LogP contribution < -0.4 is 0 Å². The van der Waals surface area contributed by atoms with Gasteiger partial charge in [-0.1, -0.05) is 5.04 Å². The molecule has 0 saturated heterocycles. The molecule has 28 heavy (non-hydrogen) atoms. The zero-order chi connectivity index (χ0) is 20.6. The Labute approximate surface area is 169 Å². The second-order valence-electron chi connectivity index (χ2n) is 9.26. The average molecular weight is 419 g/mol. The van der Waals surface area contributed by atoms with E-state index in [4.69, 9.17) is 19.5 Å². The van der Waals surface area contributed by atoms with E-state index in [1.165, 1.54) is 7.11 Å². The van der Waals surface area contributed by atoms with Crippen molar-refractivity contribution in [1.82, 2.24) is 0 Å². The zero-order valence-corrected chi connectivity index (χ0v) is 17.7. The second-order valence-corrected chi connectivity index (χ2v) is 10.6. The van der Waals surface area contributed by atoms with Crippen molar-refractivity contribution in [2.45, 2.75) is 70.3 Å². The molecule has 1 N–H and O–H groups in total. The van der Waals surface area contributed by atoms with Gasteiger partial charge in [0.25, 0.3) is 0 Å². The highest BCUT2D eigenvalue weighted by Gasteiger charge is 2.62. The number of carbonyl (C=O) groups excluding carboxylic acids is 2. The number of methoxy groups -OCH3 is 1. The first kappa shape index (κ1) is 21.8. The number of esters is 2. The summed E-state index contributed by atoms with van der Waals surface area (Å²) in [5.74, 6) is 0.281. The molecule has 4 saturated carbocycles. The van der Waals surface area contributed by atoms with Gasteiger partial charge >= 0.3 is 11.9 Å². The van der Waals surface area contributed by atoms with E-state index >= 15 is 0 Å². The number of carbonyl (C=O) groups is 2. The molecule has 4 fully saturated rings. The molecule has 4 aliphatic rings. The fraction of sp³-hybridized carbons (Fsp3) is 0.895. The fourth-order valence-electron chi connectivity index (χ4n) is 5.71. The lowest BCUT2D eigenvalue weighted by Gasteiger charge is -2.60. The summed E-state index contributed by atoms with van der Waals surface area (Å²) in [6, 6.07) is 0. The summed E-state index contributed by atoms with van der Waals surface area (Å²) in [5.41, 5.74) is -0.689. The van der Waals surface area contributed by atoms with Gasteiger partial charge in [-0.15, -0.1) is 4.33 Å². The monoisotopic (exact) mass is 418 g/mol. The van der Waals surface area contributed by atoms with Crippen molar-refractivity contribution in [1.29, 1.82) is 0 Å². The van der Waals surface area contributed by atoms with Crippen molar-refractivity contribution in [3.8, 4) is 0 Å². The van der Waals surface area contributed by atoms with Gasteiger partial charge in [0.05, 0.1) is 24.1 Å². The maximum absolute atomic E-state index is 13.0. The Morgan fingerprint density at radius 2 is 1.86 bits per heavy atom. The van der Waals surface area contributed by atoms with E-state index in [1.54, 1.807) is 20.8 Å². The van der Waals surface area contributed by atoms with Crippen LogP contribution >= 0.6 is 12.0 Å². The van der Waals surface area contributed by atoms with Crippen molar-refractivity contribution in [3.05, 3.63) is 0 Å². The first-order valence-electron chi connectivity index (χ1n) is 9.71. The van der Waals surface area contributed by atoms with Crippen LogP contribution in [0.2, 0.25) is 0 Å². The molecule has 0 aromatic carbocycles. The summed E-state index contributed by atoms with van der Waals surface area (Å²) in [4.78, 5) is 25.4. The van der Waals surface area contributed by atoms with Crippen LogP contribution in [0.4, 0.5) is 0 Å². The van der Waals surface area contributed by atoms with Crippen LogP contribution in [0.25, 0.3) is 0 Å². The molecule has 160 valence electrons. The Morgan fingerprint density at radius 3 is 2.43 bits per heavy atom. The number of rotatable bonds is 9. The minimum atomic E-state index is -1.03. The largest absolute Gasteiger partial charge is 0.464 e. The van der Waals surface area contributed by atoms with Crippen LogP contribution in [0.15, 0.2) is 0 Å². The lowest BCUT2D eigenvalue weighted by molar-refractivity contribution is -0.432. The second kappa shape index (κ2) is 8.10. The van der Waals surface area contributed by atoms with Gasteiger partial charge in [-0.25, -0.2) is 5.26 Å². The van der Waals surface area contributed by atoms with E-state index in [-0.39, 0.29) is 18.0 Å². The minimum absolute atomic E-state index is 0.184. The van der Waals surface area contributed by atoms with Crippen LogP contribution in [-0.4, -0.2) is 41.9 Å². The van der Waals surface area contributed by atoms with E-state index in [9.17, 15) is 9.59 Å². The maximum atomic E-state index is 13.0. The Bertz CT molecular complexity index is 593. The lowest BCUT2D eigenvalue weighted by Crippen LogP contribution is -2.57. The third kappa shape index (κ3) is 4.33. The number of hydrogen-bond donors (Lipinski definition) is 1. The predicted octanol–water partition coefficient (Wildman–Crippen LogP) is 3.50. The first-order chi connectivity index (χ1) is 13.1. The lowest BCUT2D eigenvalue weighted by atomic mass is 9.44. The van der Waals surface area contributed by atoms with E-state index in [2.05, 4.69) is 9.37 Å². The smallest absolute Gasteiger partial charge is 0.324 e. The maximum Gasteiger partial charge on any atom is 0.324 e. The topological polar surface area (TPSA) is 101 Å². The molecule has 3 unspecified atom stereocenters. The molecule has 4 bridgehead atoms. The first-order valence-corrected chi connectivity index (χ1v) is 10.4. The Kier molecular flexibility index (Phi) is 6.32. The van der Waals surface area contributed by atoms with Crippen LogP contribution in [0.1, 0.15) is 59.3 Å². The molecule has 8 nitrogen and oxygen atoms in total. The molecule has 3 atom stereocenters. The predicted molar refractivity (Wildman–Crippen MR) is 99.5 cm³/mol. The summed E-state index contributed by atoms with van der Waals surface area (Å²) >= 11 is 0.682. The van der Waals surface area contributed by atoms with Gasteiger partial charge in [0.15, 0.2) is 6.29 Å². The average Bonchev–Trinajstić information content (AvgIpc) is 2.63. The summed E-state index contributed by atoms with van der Waals surface area (Å²) in [6.07, 6.45) is 4.87. The van der Waals surface area contributed by atoms with Crippen molar-refractivity contribution >= 4 is 24.0 Å². The van der Waals surface area contributed by atoms with Crippen LogP contribution in [0.5, 0.6) is 0 Å². The Hall–Kier alpha value is -0.870. The van der Waals surface area contributed by atoms with Gasteiger partial charge in [0.1, 0.15) is 4.75 Å². The molecule has 9 heteroatoms. The van der Waals surface area contributed by atoms with Gasteiger partial charge in [-0.2, -0.15) is 0 Å². The molecular weight excluding hydrogens is 388 g/mol. The molecule has 0 radical (unpaired) electrons. The van der Waals surface area contributed by atoms with E-state index < -0.39 is 22.4 Å². The Morgan fingerprint density at radius 1 is 1.21 bits per heavy atom. The fourth-order valence-corrected chi connectivity index (χ4v) is 6.04. The van der Waals surface area contributed by atoms with Crippen LogP contribution in [-0.2, 0) is 33.2 Å². The number of hydrogen-bond acceptors (Lipinski definition) is 9. The molecule has 0 aromatic heterocycles. The highest BCUT2D eigenvalue weighted by Crippen LogP contribution is 2.65. The molecule has 4 rings (SSSR count). The zero-order valence-electron chi connectivity index (χ0n) is 16.9. The third-order valence-electron chi connectivity index (χ3n) is 6.49. The van der Waals surface area contributed by atoms with Crippen LogP contribution in [0.3, 0.4) is 0 Å². The summed E-state index contributed by atoms with van der Waals surface area (Å²) < 4.78 is 19.7. The van der Waals surface area contributed by atoms with Crippen LogP contribution in [0, 0.1) is 22.7 Å². The molecule has 0 spiro atoms. The van der Waals surface area contributed by atoms with Gasteiger partial charge in [-0.3, -0.25) is 9.59 Å².